The number of likely N-dealkylation sites (N-methyl/N-ethyl adjacent to an activating group) is 1. The Bertz CT molecular complexity index is 509. The van der Waals surface area contributed by atoms with Gasteiger partial charge in [-0.05, 0) is 45.6 Å². The van der Waals surface area contributed by atoms with Gasteiger partial charge in [-0.2, -0.15) is 0 Å². The summed E-state index contributed by atoms with van der Waals surface area (Å²) in [5.41, 5.74) is 0. The van der Waals surface area contributed by atoms with Crippen molar-refractivity contribution >= 4 is 5.78 Å². The Hall–Kier alpha value is 0.512. The quantitative estimate of drug-likeness (QED) is 0.472. The molecule has 0 aromatic carbocycles. The van der Waals surface area contributed by atoms with Crippen molar-refractivity contribution < 1.29 is 58.1 Å². The SMILES string of the molecule is [2H]C([2H])([2H])C=CC=CC[C@@H](C)C(O)[C@H]1C(=O)CCCCCCCCCCN1C.[Ac]. The van der Waals surface area contributed by atoms with Crippen LogP contribution in [0, 0.1) is 50.0 Å². The third-order valence-electron chi connectivity index (χ3n) is 5.25. The van der Waals surface area contributed by atoms with Crippen LogP contribution in [0.2, 0.25) is 0 Å². The van der Waals surface area contributed by atoms with Crippen LogP contribution in [0.25, 0.3) is 0 Å². The molecule has 1 fully saturated rings. The first-order valence-electron chi connectivity index (χ1n) is 11.5. The van der Waals surface area contributed by atoms with Crippen molar-refractivity contribution in [1.29, 1.82) is 0 Å². The summed E-state index contributed by atoms with van der Waals surface area (Å²) < 4.78 is 21.4. The molecule has 3 nitrogen and oxygen atoms in total. The van der Waals surface area contributed by atoms with Gasteiger partial charge >= 0.3 is 0 Å². The van der Waals surface area contributed by atoms with Crippen LogP contribution in [-0.2, 0) is 4.79 Å². The Morgan fingerprint density at radius 1 is 1.15 bits per heavy atom. The zero-order valence-corrected chi connectivity index (χ0v) is 21.4. The molecule has 1 heterocycles. The van der Waals surface area contributed by atoms with Gasteiger partial charge in [0.25, 0.3) is 0 Å². The summed E-state index contributed by atoms with van der Waals surface area (Å²) in [4.78, 5) is 14.9. The van der Waals surface area contributed by atoms with Crippen molar-refractivity contribution in [3.63, 3.8) is 0 Å². The Labute approximate surface area is 201 Å². The van der Waals surface area contributed by atoms with Crippen LogP contribution in [-0.4, -0.2) is 41.5 Å². The second-order valence-electron chi connectivity index (χ2n) is 7.46. The molecule has 0 aliphatic carbocycles. The summed E-state index contributed by atoms with van der Waals surface area (Å²) in [5, 5.41) is 10.9. The second kappa shape index (κ2) is 16.5. The number of nitrogens with zero attached hydrogens (tertiary/aromatic N) is 1. The Kier molecular flexibility index (Phi) is 13.4. The molecule has 3 atom stereocenters. The van der Waals surface area contributed by atoms with Gasteiger partial charge in [-0.1, -0.05) is 69.8 Å². The molecule has 4 heteroatoms. The van der Waals surface area contributed by atoms with Crippen LogP contribution in [0.5, 0.6) is 0 Å². The fourth-order valence-corrected chi connectivity index (χ4v) is 3.58. The molecule has 0 spiro atoms. The number of hydrogen-bond donors (Lipinski definition) is 1. The first kappa shape index (κ1) is 21.2. The van der Waals surface area contributed by atoms with Gasteiger partial charge in [0.1, 0.15) is 0 Å². The average molecular weight is 580 g/mol. The van der Waals surface area contributed by atoms with E-state index in [1.54, 1.807) is 6.08 Å². The molecule has 0 aromatic heterocycles. The average Bonchev–Trinajstić information content (AvgIpc) is 2.62. The number of aliphatic hydroxyl groups excluding tert-OH is 1. The molecule has 0 saturated carbocycles. The molecule has 1 radical (unpaired) electrons. The van der Waals surface area contributed by atoms with Gasteiger partial charge in [0.15, 0.2) is 5.78 Å². The number of hydrogen-bond acceptors (Lipinski definition) is 3. The molecule has 1 aliphatic heterocycles. The Morgan fingerprint density at radius 3 is 2.42 bits per heavy atom. The topological polar surface area (TPSA) is 40.5 Å². The van der Waals surface area contributed by atoms with Crippen molar-refractivity contribution in [2.75, 3.05) is 13.6 Å². The minimum absolute atomic E-state index is 0. The van der Waals surface area contributed by atoms with E-state index >= 15 is 0 Å². The molecule has 26 heavy (non-hydrogen) atoms. The Morgan fingerprint density at radius 2 is 1.77 bits per heavy atom. The zero-order chi connectivity index (χ0) is 21.0. The molecule has 147 valence electrons. The molecular weight excluding hydrogens is 537 g/mol. The van der Waals surface area contributed by atoms with Crippen molar-refractivity contribution in [2.45, 2.75) is 90.1 Å². The smallest absolute Gasteiger partial charge is 0.152 e. The monoisotopic (exact) mass is 579 g/mol. The van der Waals surface area contributed by atoms with Gasteiger partial charge in [0, 0.05) is 54.6 Å². The normalized spacial score (nSPS) is 26.7. The second-order valence-corrected chi connectivity index (χ2v) is 7.46. The van der Waals surface area contributed by atoms with Gasteiger partial charge in [-0.25, -0.2) is 0 Å². The fourth-order valence-electron chi connectivity index (χ4n) is 3.58. The van der Waals surface area contributed by atoms with E-state index in [0.717, 1.165) is 25.8 Å². The predicted molar refractivity (Wildman–Crippen MR) is 107 cm³/mol. The number of allylic oxidation sites excluding steroid dienone is 4. The van der Waals surface area contributed by atoms with Crippen LogP contribution in [0.4, 0.5) is 0 Å². The van der Waals surface area contributed by atoms with Crippen molar-refractivity contribution in [1.82, 2.24) is 4.90 Å². The summed E-state index contributed by atoms with van der Waals surface area (Å²) in [6, 6.07) is -0.456. The van der Waals surface area contributed by atoms with E-state index < -0.39 is 19.0 Å². The van der Waals surface area contributed by atoms with Crippen molar-refractivity contribution in [3.8, 4) is 0 Å². The van der Waals surface area contributed by atoms with Gasteiger partial charge in [0.2, 0.25) is 0 Å². The van der Waals surface area contributed by atoms with E-state index in [1.165, 1.54) is 44.3 Å². The summed E-state index contributed by atoms with van der Waals surface area (Å²) in [6.07, 6.45) is 15.9. The standard InChI is InChI=1S/C22H39NO2.Ac/c1-4-5-6-13-16-19(2)22(25)21-20(24)17-14-11-9-7-8-10-12-15-18-23(21)3;/h4-6,13,19,21-22,25H,7-12,14-18H2,1-3H3;/t19-,21-,22?;/m1./s1/i1D3;. The van der Waals surface area contributed by atoms with Crippen molar-refractivity contribution in [3.05, 3.63) is 24.3 Å². The van der Waals surface area contributed by atoms with E-state index in [2.05, 4.69) is 0 Å². The van der Waals surface area contributed by atoms with E-state index in [1.807, 2.05) is 24.9 Å². The molecule has 1 N–H and O–H groups in total. The molecule has 1 saturated heterocycles. The molecule has 0 aromatic rings. The molecule has 1 aliphatic rings. The van der Waals surface area contributed by atoms with E-state index in [0.29, 0.717) is 12.8 Å². The maximum absolute atomic E-state index is 12.9. The van der Waals surface area contributed by atoms with E-state index in [4.69, 9.17) is 4.11 Å². The fraction of sp³-hybridized carbons (Fsp3) is 0.773. The number of rotatable bonds is 5. The molecular formula is C22H39AcNO2. The molecule has 1 rings (SSSR count). The minimum Gasteiger partial charge on any atom is -0.391 e. The van der Waals surface area contributed by atoms with Crippen LogP contribution in [0.3, 0.4) is 0 Å². The maximum atomic E-state index is 12.9. The summed E-state index contributed by atoms with van der Waals surface area (Å²) in [5.74, 6) is 0.0665. The molecule has 0 amide bonds. The number of carbonyl (C=O) groups excluding carboxylic acids is 1. The summed E-state index contributed by atoms with van der Waals surface area (Å²) >= 11 is 0. The van der Waals surface area contributed by atoms with Crippen LogP contribution < -0.4 is 0 Å². The summed E-state index contributed by atoms with van der Waals surface area (Å²) in [7, 11) is 1.95. The Balaban J connectivity index is 0.00000784. The zero-order valence-electron chi connectivity index (χ0n) is 19.7. The largest absolute Gasteiger partial charge is 0.391 e. The molecule has 0 bridgehead atoms. The predicted octanol–water partition coefficient (Wildman–Crippen LogP) is 4.90. The first-order valence-corrected chi connectivity index (χ1v) is 9.98. The first-order chi connectivity index (χ1) is 13.2. The maximum Gasteiger partial charge on any atom is 0.152 e. The van der Waals surface area contributed by atoms with Crippen LogP contribution >= 0.6 is 0 Å². The third-order valence-corrected chi connectivity index (χ3v) is 5.25. The number of carbonyl (C=O) groups is 1. The number of aliphatic hydroxyl groups is 1. The minimum atomic E-state index is -2.07. The van der Waals surface area contributed by atoms with Gasteiger partial charge < -0.3 is 5.11 Å². The number of ketones is 1. The number of Topliss-reactive ketones (excluding diaryl/α,β-unsaturated/α-hetero) is 1. The van der Waals surface area contributed by atoms with Crippen LogP contribution in [0.15, 0.2) is 24.3 Å². The van der Waals surface area contributed by atoms with Crippen LogP contribution in [0.1, 0.15) is 82.1 Å². The van der Waals surface area contributed by atoms with Gasteiger partial charge in [-0.15, -0.1) is 0 Å². The van der Waals surface area contributed by atoms with E-state index in [9.17, 15) is 9.90 Å². The summed E-state index contributed by atoms with van der Waals surface area (Å²) in [6.45, 7) is 0.708. The third kappa shape index (κ3) is 10.7. The van der Waals surface area contributed by atoms with Crippen molar-refractivity contribution in [2.24, 2.45) is 5.92 Å². The van der Waals surface area contributed by atoms with Gasteiger partial charge in [0.05, 0.1) is 12.1 Å². The van der Waals surface area contributed by atoms with E-state index in [-0.39, 0.29) is 55.8 Å². The molecule has 1 unspecified atom stereocenters. The van der Waals surface area contributed by atoms with Gasteiger partial charge in [-0.3, -0.25) is 9.69 Å².